The van der Waals surface area contributed by atoms with E-state index in [1.807, 2.05) is 36.4 Å². The van der Waals surface area contributed by atoms with Gasteiger partial charge in [0.2, 0.25) is 0 Å². The molecule has 0 aliphatic rings. The number of nitrogens with one attached hydrogen (secondary N) is 2. The van der Waals surface area contributed by atoms with Crippen molar-refractivity contribution in [2.75, 3.05) is 5.32 Å². The topological polar surface area (TPSA) is 100 Å². The van der Waals surface area contributed by atoms with Crippen molar-refractivity contribution >= 4 is 17.1 Å². The van der Waals surface area contributed by atoms with Crippen LogP contribution in [0.1, 0.15) is 17.2 Å². The summed E-state index contributed by atoms with van der Waals surface area (Å²) in [7, 11) is 0. The Bertz CT molecular complexity index is 854. The second-order valence-corrected chi connectivity index (χ2v) is 5.40. The zero-order valence-electron chi connectivity index (χ0n) is 13.2. The van der Waals surface area contributed by atoms with Crippen LogP contribution in [0.4, 0.5) is 17.1 Å². The number of aromatic nitrogens is 1. The molecule has 0 saturated heterocycles. The van der Waals surface area contributed by atoms with Crippen molar-refractivity contribution in [2.24, 2.45) is 0 Å². The number of pyridine rings is 1. The fraction of sp³-hybridized carbons (Fsp3) is 0.0556. The van der Waals surface area contributed by atoms with Crippen LogP contribution in [0.25, 0.3) is 0 Å². The summed E-state index contributed by atoms with van der Waals surface area (Å²) >= 11 is 0. The molecule has 7 heteroatoms. The lowest BCUT2D eigenvalue weighted by atomic mass is 9.98. The maximum absolute atomic E-state index is 10.8. The van der Waals surface area contributed by atoms with E-state index in [0.717, 1.165) is 16.9 Å². The first kappa shape index (κ1) is 16.6. The molecule has 3 N–H and O–H groups in total. The van der Waals surface area contributed by atoms with Crippen LogP contribution in [0.15, 0.2) is 73.1 Å². The zero-order chi connectivity index (χ0) is 17.6. The molecule has 0 bridgehead atoms. The summed E-state index contributed by atoms with van der Waals surface area (Å²) in [5.41, 5.74) is 5.56. The number of rotatable bonds is 6. The highest BCUT2D eigenvalue weighted by molar-refractivity contribution is 5.60. The molecular weight excluding hydrogens is 320 g/mol. The van der Waals surface area contributed by atoms with Gasteiger partial charge in [-0.15, -0.1) is 0 Å². The highest BCUT2D eigenvalue weighted by Gasteiger charge is 2.15. The molecule has 1 unspecified atom stereocenters. The zero-order valence-corrected chi connectivity index (χ0v) is 13.2. The van der Waals surface area contributed by atoms with E-state index < -0.39 is 11.0 Å². The van der Waals surface area contributed by atoms with Crippen molar-refractivity contribution in [1.82, 2.24) is 10.5 Å². The number of hydrogen-bond donors (Lipinski definition) is 3. The minimum Gasteiger partial charge on any atom is -0.355 e. The van der Waals surface area contributed by atoms with E-state index in [0.29, 0.717) is 5.56 Å². The number of non-ortho nitro benzene ring substituents is 1. The van der Waals surface area contributed by atoms with E-state index in [9.17, 15) is 15.3 Å². The first-order valence-corrected chi connectivity index (χ1v) is 7.58. The van der Waals surface area contributed by atoms with Gasteiger partial charge < -0.3 is 10.5 Å². The number of hydroxylamine groups is 1. The van der Waals surface area contributed by atoms with E-state index in [1.165, 1.54) is 12.1 Å². The third kappa shape index (κ3) is 3.97. The first-order valence-electron chi connectivity index (χ1n) is 7.58. The Morgan fingerprint density at radius 2 is 1.68 bits per heavy atom. The molecule has 3 aromatic rings. The van der Waals surface area contributed by atoms with Gasteiger partial charge in [-0.05, 0) is 35.4 Å². The molecule has 126 valence electrons. The monoisotopic (exact) mass is 336 g/mol. The van der Waals surface area contributed by atoms with Gasteiger partial charge in [-0.1, -0.05) is 24.3 Å². The van der Waals surface area contributed by atoms with Gasteiger partial charge in [-0.2, -0.15) is 5.48 Å². The average molecular weight is 336 g/mol. The van der Waals surface area contributed by atoms with Gasteiger partial charge in [0, 0.05) is 35.9 Å². The SMILES string of the molecule is O=[N+]([O-])c1ccc(C(NO)c2cccc(Nc3ccncc3)c2)cc1. The third-order valence-electron chi connectivity index (χ3n) is 3.76. The number of hydrogen-bond acceptors (Lipinski definition) is 6. The number of nitrogens with zero attached hydrogens (tertiary/aromatic N) is 2. The van der Waals surface area contributed by atoms with Crippen molar-refractivity contribution in [3.63, 3.8) is 0 Å². The molecular formula is C18H16N4O3. The third-order valence-corrected chi connectivity index (χ3v) is 3.76. The predicted octanol–water partition coefficient (Wildman–Crippen LogP) is 3.80. The van der Waals surface area contributed by atoms with Gasteiger partial charge in [0.05, 0.1) is 11.0 Å². The van der Waals surface area contributed by atoms with Gasteiger partial charge in [-0.3, -0.25) is 15.1 Å². The number of nitro groups is 1. The smallest absolute Gasteiger partial charge is 0.269 e. The predicted molar refractivity (Wildman–Crippen MR) is 93.8 cm³/mol. The lowest BCUT2D eigenvalue weighted by Gasteiger charge is -2.17. The van der Waals surface area contributed by atoms with Gasteiger partial charge in [-0.25, -0.2) is 0 Å². The van der Waals surface area contributed by atoms with E-state index in [2.05, 4.69) is 15.8 Å². The Morgan fingerprint density at radius 3 is 2.32 bits per heavy atom. The maximum atomic E-state index is 10.8. The van der Waals surface area contributed by atoms with Crippen molar-refractivity contribution in [2.45, 2.75) is 6.04 Å². The van der Waals surface area contributed by atoms with Crippen LogP contribution in [0.2, 0.25) is 0 Å². The summed E-state index contributed by atoms with van der Waals surface area (Å²) in [4.78, 5) is 14.3. The lowest BCUT2D eigenvalue weighted by molar-refractivity contribution is -0.384. The molecule has 0 aliphatic heterocycles. The van der Waals surface area contributed by atoms with Gasteiger partial charge in [0.15, 0.2) is 0 Å². The van der Waals surface area contributed by atoms with Crippen LogP contribution in [0, 0.1) is 10.1 Å². The molecule has 0 radical (unpaired) electrons. The van der Waals surface area contributed by atoms with Crippen LogP contribution in [0.3, 0.4) is 0 Å². The Balaban J connectivity index is 1.85. The van der Waals surface area contributed by atoms with Crippen LogP contribution < -0.4 is 10.8 Å². The summed E-state index contributed by atoms with van der Waals surface area (Å²) in [5, 5.41) is 23.6. The number of anilines is 2. The molecule has 0 fully saturated rings. The number of benzene rings is 2. The molecule has 0 saturated carbocycles. The summed E-state index contributed by atoms with van der Waals surface area (Å²) in [6.45, 7) is 0. The molecule has 1 aromatic heterocycles. The second-order valence-electron chi connectivity index (χ2n) is 5.40. The van der Waals surface area contributed by atoms with Crippen LogP contribution in [0.5, 0.6) is 0 Å². The first-order chi connectivity index (χ1) is 12.2. The Kier molecular flexibility index (Phi) is 4.98. The highest BCUT2D eigenvalue weighted by atomic mass is 16.6. The Morgan fingerprint density at radius 1 is 0.960 bits per heavy atom. The highest BCUT2D eigenvalue weighted by Crippen LogP contribution is 2.26. The average Bonchev–Trinajstić information content (AvgIpc) is 2.64. The quantitative estimate of drug-likeness (QED) is 0.467. The fourth-order valence-corrected chi connectivity index (χ4v) is 2.53. The minimum absolute atomic E-state index is 0.00791. The van der Waals surface area contributed by atoms with Gasteiger partial charge in [0.1, 0.15) is 0 Å². The lowest BCUT2D eigenvalue weighted by Crippen LogP contribution is -2.18. The molecule has 7 nitrogen and oxygen atoms in total. The van der Waals surface area contributed by atoms with Crippen molar-refractivity contribution in [3.8, 4) is 0 Å². The van der Waals surface area contributed by atoms with Gasteiger partial charge >= 0.3 is 0 Å². The maximum Gasteiger partial charge on any atom is 0.269 e. The van der Waals surface area contributed by atoms with Crippen molar-refractivity contribution in [3.05, 3.63) is 94.3 Å². The Labute approximate surface area is 144 Å². The molecule has 0 amide bonds. The van der Waals surface area contributed by atoms with E-state index in [4.69, 9.17) is 0 Å². The van der Waals surface area contributed by atoms with E-state index in [-0.39, 0.29) is 5.69 Å². The Hall–Kier alpha value is -3.29. The molecule has 0 aliphatic carbocycles. The summed E-state index contributed by atoms with van der Waals surface area (Å²) in [6, 6.07) is 16.8. The molecule has 3 rings (SSSR count). The van der Waals surface area contributed by atoms with E-state index in [1.54, 1.807) is 24.5 Å². The van der Waals surface area contributed by atoms with Crippen molar-refractivity contribution in [1.29, 1.82) is 0 Å². The summed E-state index contributed by atoms with van der Waals surface area (Å²) < 4.78 is 0. The fourth-order valence-electron chi connectivity index (χ4n) is 2.53. The van der Waals surface area contributed by atoms with Crippen LogP contribution in [-0.2, 0) is 0 Å². The standard InChI is InChI=1S/C18H16N4O3/c23-21-18(13-4-6-17(7-5-13)22(24)25)14-2-1-3-16(12-14)20-15-8-10-19-11-9-15/h1-12,18,21,23H,(H,19,20). The largest absolute Gasteiger partial charge is 0.355 e. The minimum atomic E-state index is -0.500. The molecule has 1 atom stereocenters. The van der Waals surface area contributed by atoms with Gasteiger partial charge in [0.25, 0.3) is 5.69 Å². The van der Waals surface area contributed by atoms with Crippen molar-refractivity contribution < 1.29 is 10.1 Å². The normalized spacial score (nSPS) is 11.7. The summed E-state index contributed by atoms with van der Waals surface area (Å²) in [6.07, 6.45) is 3.39. The summed E-state index contributed by atoms with van der Waals surface area (Å²) in [5.74, 6) is 0. The molecule has 1 heterocycles. The van der Waals surface area contributed by atoms with Crippen LogP contribution in [-0.4, -0.2) is 15.1 Å². The number of nitro benzene ring substituents is 1. The van der Waals surface area contributed by atoms with Crippen LogP contribution >= 0.6 is 0 Å². The molecule has 25 heavy (non-hydrogen) atoms. The molecule has 2 aromatic carbocycles. The second kappa shape index (κ2) is 7.52. The van der Waals surface area contributed by atoms with E-state index >= 15 is 0 Å². The molecule has 0 spiro atoms.